The van der Waals surface area contributed by atoms with Crippen LogP contribution in [0.4, 0.5) is 16.0 Å². The molecule has 1 aliphatic heterocycles. The minimum atomic E-state index is -1.12. The lowest BCUT2D eigenvalue weighted by atomic mass is 9.70. The van der Waals surface area contributed by atoms with Gasteiger partial charge in [0.1, 0.15) is 34.3 Å². The Morgan fingerprint density at radius 2 is 2.11 bits per heavy atom. The van der Waals surface area contributed by atoms with Crippen LogP contribution in [0.2, 0.25) is 0 Å². The number of nitrogens with zero attached hydrogens (tertiary/aromatic N) is 6. The van der Waals surface area contributed by atoms with E-state index in [0.717, 1.165) is 5.57 Å². The first kappa shape index (κ1) is 21.8. The minimum Gasteiger partial charge on any atom is -0.434 e. The number of hydrogen-bond donors (Lipinski definition) is 2. The molecule has 2 atom stereocenters. The van der Waals surface area contributed by atoms with Gasteiger partial charge in [-0.2, -0.15) is 0 Å². The van der Waals surface area contributed by atoms with Crippen LogP contribution in [0.5, 0.6) is 11.6 Å². The molecule has 0 fully saturated rings. The third kappa shape index (κ3) is 3.31. The first-order chi connectivity index (χ1) is 17.3. The highest BCUT2D eigenvalue weighted by Gasteiger charge is 2.50. The van der Waals surface area contributed by atoms with Crippen LogP contribution in [0.15, 0.2) is 66.7 Å². The maximum atomic E-state index is 13.8. The summed E-state index contributed by atoms with van der Waals surface area (Å²) in [6.07, 6.45) is 11.5. The smallest absolute Gasteiger partial charge is 0.264 e. The zero-order valence-electron chi connectivity index (χ0n) is 19.4. The van der Waals surface area contributed by atoms with E-state index < -0.39 is 5.41 Å². The second-order valence-corrected chi connectivity index (χ2v) is 8.96. The normalized spacial score (nSPS) is 21.1. The summed E-state index contributed by atoms with van der Waals surface area (Å²) in [6, 6.07) is 3.50. The molecule has 5 heterocycles. The van der Waals surface area contributed by atoms with Gasteiger partial charge in [0.2, 0.25) is 11.6 Å². The quantitative estimate of drug-likeness (QED) is 0.444. The van der Waals surface area contributed by atoms with Crippen LogP contribution in [0.1, 0.15) is 25.8 Å². The third-order valence-electron chi connectivity index (χ3n) is 6.60. The highest BCUT2D eigenvalue weighted by molar-refractivity contribution is 6.09. The zero-order valence-corrected chi connectivity index (χ0v) is 19.4. The molecular weight excluding hydrogens is 463 g/mol. The van der Waals surface area contributed by atoms with Gasteiger partial charge in [-0.1, -0.05) is 13.0 Å². The summed E-state index contributed by atoms with van der Waals surface area (Å²) in [5.74, 6) is 0.673. The van der Waals surface area contributed by atoms with E-state index in [-0.39, 0.29) is 41.6 Å². The van der Waals surface area contributed by atoms with Crippen molar-refractivity contribution in [1.82, 2.24) is 29.3 Å². The van der Waals surface area contributed by atoms with Crippen molar-refractivity contribution in [2.45, 2.75) is 25.7 Å². The van der Waals surface area contributed by atoms with Crippen molar-refractivity contribution in [3.8, 4) is 23.1 Å². The molecule has 2 aliphatic rings. The van der Waals surface area contributed by atoms with E-state index in [4.69, 9.17) is 10.5 Å². The summed E-state index contributed by atoms with van der Waals surface area (Å²) in [4.78, 5) is 35.3. The molecule has 0 aromatic carbocycles. The Kier molecular flexibility index (Phi) is 4.82. The van der Waals surface area contributed by atoms with E-state index in [0.29, 0.717) is 28.5 Å². The number of nitrogen functional groups attached to an aromatic ring is 1. The highest BCUT2D eigenvalue weighted by atomic mass is 19.1. The molecule has 0 saturated carbocycles. The summed E-state index contributed by atoms with van der Waals surface area (Å²) in [5.41, 5.74) is 7.41. The van der Waals surface area contributed by atoms with Gasteiger partial charge in [-0.3, -0.25) is 9.78 Å². The number of amides is 1. The molecule has 0 saturated heterocycles. The van der Waals surface area contributed by atoms with Crippen LogP contribution in [0.3, 0.4) is 0 Å². The lowest BCUT2D eigenvalue weighted by Gasteiger charge is -2.31. The minimum absolute atomic E-state index is 0.140. The number of halogens is 1. The molecule has 4 aromatic heterocycles. The Morgan fingerprint density at radius 3 is 2.89 bits per heavy atom. The van der Waals surface area contributed by atoms with Crippen LogP contribution in [0.25, 0.3) is 17.2 Å². The topological polar surface area (TPSA) is 133 Å². The van der Waals surface area contributed by atoms with Crippen molar-refractivity contribution in [2.24, 2.45) is 5.92 Å². The predicted molar refractivity (Wildman–Crippen MR) is 130 cm³/mol. The fourth-order valence-corrected chi connectivity index (χ4v) is 4.87. The molecule has 11 heteroatoms. The second-order valence-electron chi connectivity index (χ2n) is 8.96. The molecule has 2 unspecified atom stereocenters. The number of aromatic nitrogens is 6. The summed E-state index contributed by atoms with van der Waals surface area (Å²) in [7, 11) is 0. The molecule has 180 valence electrons. The lowest BCUT2D eigenvalue weighted by molar-refractivity contribution is -0.119. The number of allylic oxidation sites excluding steroid dienone is 3. The Bertz CT molecular complexity index is 1600. The van der Waals surface area contributed by atoms with Crippen LogP contribution in [0, 0.1) is 5.92 Å². The van der Waals surface area contributed by atoms with Gasteiger partial charge in [0.05, 0.1) is 11.8 Å². The second kappa shape index (κ2) is 7.94. The molecule has 1 aliphatic carbocycles. The van der Waals surface area contributed by atoms with E-state index >= 15 is 0 Å². The summed E-state index contributed by atoms with van der Waals surface area (Å²) in [5, 5.41) is 2.84. The first-order valence-electron chi connectivity index (χ1n) is 11.3. The van der Waals surface area contributed by atoms with Crippen molar-refractivity contribution in [3.05, 3.63) is 72.2 Å². The number of fused-ring (bicyclic) bond motifs is 2. The summed E-state index contributed by atoms with van der Waals surface area (Å²) >= 11 is 0. The predicted octanol–water partition coefficient (Wildman–Crippen LogP) is 3.99. The molecule has 0 radical (unpaired) electrons. The number of pyridine rings is 1. The lowest BCUT2D eigenvalue weighted by Crippen LogP contribution is -2.36. The van der Waals surface area contributed by atoms with Crippen molar-refractivity contribution in [3.63, 3.8) is 0 Å². The van der Waals surface area contributed by atoms with Crippen LogP contribution >= 0.6 is 0 Å². The van der Waals surface area contributed by atoms with Gasteiger partial charge >= 0.3 is 0 Å². The standard InChI is InChI=1S/C25H21FN8O2/c1-13-10-14(26)5-6-16(13)25(2)18-19(27)31-20(32-21(18)33-24(25)35)17-12-34-9-8-29-22(34)23(30-17)36-15-4-3-7-28-11-15/h3-9,11-13H,10H2,1-2H3,(H3,27,31,32,33,35). The molecule has 0 bridgehead atoms. The summed E-state index contributed by atoms with van der Waals surface area (Å²) in [6.45, 7) is 3.65. The van der Waals surface area contributed by atoms with E-state index in [1.807, 2.05) is 6.92 Å². The first-order valence-corrected chi connectivity index (χ1v) is 11.3. The summed E-state index contributed by atoms with van der Waals surface area (Å²) < 4.78 is 21.5. The van der Waals surface area contributed by atoms with E-state index in [9.17, 15) is 9.18 Å². The van der Waals surface area contributed by atoms with Gasteiger partial charge in [0, 0.05) is 31.2 Å². The highest BCUT2D eigenvalue weighted by Crippen LogP contribution is 2.49. The maximum absolute atomic E-state index is 13.8. The van der Waals surface area contributed by atoms with E-state index in [2.05, 4.69) is 30.2 Å². The molecule has 4 aromatic rings. The number of anilines is 2. The van der Waals surface area contributed by atoms with E-state index in [1.54, 1.807) is 60.5 Å². The number of rotatable bonds is 4. The van der Waals surface area contributed by atoms with Crippen LogP contribution in [-0.4, -0.2) is 35.2 Å². The fraction of sp³-hybridized carbons (Fsp3) is 0.200. The van der Waals surface area contributed by atoms with Crippen molar-refractivity contribution >= 4 is 23.2 Å². The zero-order chi connectivity index (χ0) is 25.0. The monoisotopic (exact) mass is 484 g/mol. The fourth-order valence-electron chi connectivity index (χ4n) is 4.87. The number of carbonyl (C=O) groups excluding carboxylic acids is 1. The molecular formula is C25H21FN8O2. The maximum Gasteiger partial charge on any atom is 0.264 e. The molecule has 36 heavy (non-hydrogen) atoms. The van der Waals surface area contributed by atoms with Crippen molar-refractivity contribution < 1.29 is 13.9 Å². The van der Waals surface area contributed by atoms with Gasteiger partial charge < -0.3 is 20.2 Å². The van der Waals surface area contributed by atoms with E-state index in [1.165, 1.54) is 6.08 Å². The van der Waals surface area contributed by atoms with Gasteiger partial charge in [-0.25, -0.2) is 24.3 Å². The Hall–Kier alpha value is -4.67. The van der Waals surface area contributed by atoms with Gasteiger partial charge in [-0.15, -0.1) is 0 Å². The van der Waals surface area contributed by atoms with Crippen molar-refractivity contribution in [1.29, 1.82) is 0 Å². The number of nitrogens with one attached hydrogen (secondary N) is 1. The largest absolute Gasteiger partial charge is 0.434 e. The average Bonchev–Trinajstić information content (AvgIpc) is 3.42. The number of ether oxygens (including phenoxy) is 1. The van der Waals surface area contributed by atoms with Gasteiger partial charge in [-0.05, 0) is 36.6 Å². The van der Waals surface area contributed by atoms with Crippen LogP contribution in [-0.2, 0) is 10.2 Å². The Labute approximate surface area is 204 Å². The molecule has 6 rings (SSSR count). The third-order valence-corrected chi connectivity index (χ3v) is 6.60. The SMILES string of the molecule is CC1CC(F)=CC=C1C1(C)C(=O)Nc2nc(-c3cn4ccnc4c(Oc4cccnc4)n3)nc(N)c21. The average molecular weight is 484 g/mol. The Morgan fingerprint density at radius 1 is 1.25 bits per heavy atom. The van der Waals surface area contributed by atoms with Gasteiger partial charge in [0.15, 0.2) is 5.82 Å². The molecule has 1 amide bonds. The molecule has 3 N–H and O–H groups in total. The molecule has 10 nitrogen and oxygen atoms in total. The Balaban J connectivity index is 1.46. The number of imidazole rings is 1. The van der Waals surface area contributed by atoms with Crippen molar-refractivity contribution in [2.75, 3.05) is 11.1 Å². The number of hydrogen-bond acceptors (Lipinski definition) is 8. The van der Waals surface area contributed by atoms with Crippen LogP contribution < -0.4 is 15.8 Å². The number of carbonyl (C=O) groups is 1. The molecule has 0 spiro atoms. The number of nitrogens with two attached hydrogens (primary N) is 1. The van der Waals surface area contributed by atoms with Gasteiger partial charge in [0.25, 0.3) is 5.88 Å².